The third kappa shape index (κ3) is 5.76. The van der Waals surface area contributed by atoms with Gasteiger partial charge in [0.15, 0.2) is 5.82 Å². The van der Waals surface area contributed by atoms with Crippen molar-refractivity contribution in [3.63, 3.8) is 0 Å². The van der Waals surface area contributed by atoms with Crippen molar-refractivity contribution in [2.24, 2.45) is 0 Å². The van der Waals surface area contributed by atoms with Crippen molar-refractivity contribution in [2.45, 2.75) is 32.7 Å². The third-order valence-corrected chi connectivity index (χ3v) is 5.69. The largest absolute Gasteiger partial charge is 0.459 e. The first kappa shape index (κ1) is 24.6. The number of urea groups is 1. The molecule has 1 aliphatic rings. The Hall–Kier alpha value is -3.53. The predicted octanol–water partition coefficient (Wildman–Crippen LogP) is 5.63. The van der Waals surface area contributed by atoms with Crippen LogP contribution in [0.2, 0.25) is 0 Å². The molecular weight excluding hydrogens is 522 g/mol. The molecule has 2 heterocycles. The molecule has 1 unspecified atom stereocenters. The van der Waals surface area contributed by atoms with E-state index in [0.29, 0.717) is 15.7 Å². The Labute approximate surface area is 209 Å². The zero-order valence-corrected chi connectivity index (χ0v) is 20.8. The van der Waals surface area contributed by atoms with E-state index in [2.05, 4.69) is 31.5 Å². The van der Waals surface area contributed by atoms with Crippen molar-refractivity contribution in [2.75, 3.05) is 16.8 Å². The Bertz CT molecular complexity index is 1280. The Balaban J connectivity index is 1.69. The zero-order chi connectivity index (χ0) is 25.3. The fourth-order valence-electron chi connectivity index (χ4n) is 3.73. The minimum Gasteiger partial charge on any atom is -0.459 e. The van der Waals surface area contributed by atoms with E-state index in [0.717, 1.165) is 5.56 Å². The summed E-state index contributed by atoms with van der Waals surface area (Å²) in [6.07, 6.45) is 1.59. The first-order valence-corrected chi connectivity index (χ1v) is 11.6. The average molecular weight is 545 g/mol. The minimum absolute atomic E-state index is 0.208. The molecule has 0 radical (unpaired) electrons. The third-order valence-electron chi connectivity index (χ3n) is 5.20. The van der Waals surface area contributed by atoms with Crippen LogP contribution in [0, 0.1) is 12.7 Å². The number of nitrogens with one attached hydrogen (secondary N) is 2. The molecule has 0 bridgehead atoms. The van der Waals surface area contributed by atoms with Crippen LogP contribution in [0.1, 0.15) is 36.6 Å². The molecular formula is C25H23BrF2N4O3. The highest BCUT2D eigenvalue weighted by molar-refractivity contribution is 9.10. The molecule has 35 heavy (non-hydrogen) atoms. The smallest absolute Gasteiger partial charge is 0.324 e. The van der Waals surface area contributed by atoms with E-state index in [1.165, 1.54) is 24.8 Å². The lowest BCUT2D eigenvalue weighted by atomic mass is 9.98. The molecule has 3 amide bonds. The van der Waals surface area contributed by atoms with Crippen LogP contribution in [0.5, 0.6) is 5.75 Å². The average Bonchev–Trinajstić information content (AvgIpc) is 2.76. The van der Waals surface area contributed by atoms with E-state index in [-0.39, 0.29) is 29.6 Å². The van der Waals surface area contributed by atoms with Crippen LogP contribution in [0.3, 0.4) is 0 Å². The minimum atomic E-state index is -1.87. The Morgan fingerprint density at radius 1 is 1.23 bits per heavy atom. The lowest BCUT2D eigenvalue weighted by Gasteiger charge is -2.30. The number of hydrogen-bond acceptors (Lipinski definition) is 4. The van der Waals surface area contributed by atoms with Crippen molar-refractivity contribution in [1.29, 1.82) is 0 Å². The van der Waals surface area contributed by atoms with Crippen molar-refractivity contribution >= 4 is 39.4 Å². The van der Waals surface area contributed by atoms with Gasteiger partial charge < -0.3 is 15.4 Å². The number of aromatic nitrogens is 1. The van der Waals surface area contributed by atoms with Crippen molar-refractivity contribution in [3.8, 4) is 5.75 Å². The summed E-state index contributed by atoms with van der Waals surface area (Å²) in [4.78, 5) is 31.1. The van der Waals surface area contributed by atoms with Crippen molar-refractivity contribution in [1.82, 2.24) is 10.3 Å². The van der Waals surface area contributed by atoms with E-state index in [4.69, 9.17) is 4.74 Å². The molecule has 10 heteroatoms. The number of benzene rings is 2. The summed E-state index contributed by atoms with van der Waals surface area (Å²) in [5, 5.41) is 5.53. The van der Waals surface area contributed by atoms with Crippen LogP contribution in [0.25, 0.3) is 0 Å². The number of ether oxygens (including phenoxy) is 1. The van der Waals surface area contributed by atoms with Crippen molar-refractivity contribution in [3.05, 3.63) is 81.7 Å². The second kappa shape index (κ2) is 9.61. The Morgan fingerprint density at radius 3 is 2.60 bits per heavy atom. The molecule has 0 saturated carbocycles. The molecule has 1 atom stereocenters. The van der Waals surface area contributed by atoms with Gasteiger partial charge in [-0.05, 0) is 48.4 Å². The maximum Gasteiger partial charge on any atom is 0.324 e. The molecule has 0 fully saturated rings. The molecule has 4 rings (SSSR count). The number of amides is 3. The number of halogens is 3. The highest BCUT2D eigenvalue weighted by Crippen LogP contribution is 2.31. The molecule has 2 aromatic carbocycles. The summed E-state index contributed by atoms with van der Waals surface area (Å²) in [6.45, 7) is 4.14. The van der Waals surface area contributed by atoms with E-state index < -0.39 is 23.7 Å². The Morgan fingerprint density at radius 2 is 1.94 bits per heavy atom. The normalized spacial score (nSPS) is 14.1. The number of rotatable bonds is 5. The predicted molar refractivity (Wildman–Crippen MR) is 132 cm³/mol. The van der Waals surface area contributed by atoms with Gasteiger partial charge in [0, 0.05) is 30.1 Å². The fraction of sp³-hybridized carbons (Fsp3) is 0.240. The maximum atomic E-state index is 15.0. The molecule has 2 N–H and O–H groups in total. The van der Waals surface area contributed by atoms with Gasteiger partial charge in [0.2, 0.25) is 11.8 Å². The highest BCUT2D eigenvalue weighted by Gasteiger charge is 2.31. The summed E-state index contributed by atoms with van der Waals surface area (Å²) in [5.74, 6) is -2.22. The van der Waals surface area contributed by atoms with E-state index in [1.54, 1.807) is 48.7 Å². The van der Waals surface area contributed by atoms with Gasteiger partial charge in [-0.2, -0.15) is 4.39 Å². The van der Waals surface area contributed by atoms with Gasteiger partial charge in [0.1, 0.15) is 18.1 Å². The highest BCUT2D eigenvalue weighted by atomic mass is 79.9. The Kier molecular flexibility index (Phi) is 6.75. The van der Waals surface area contributed by atoms with Crippen LogP contribution >= 0.6 is 15.9 Å². The van der Waals surface area contributed by atoms with Gasteiger partial charge in [0.05, 0.1) is 11.7 Å². The summed E-state index contributed by atoms with van der Waals surface area (Å²) in [6, 6.07) is 11.0. The van der Waals surface area contributed by atoms with Crippen LogP contribution in [-0.4, -0.2) is 29.3 Å². The van der Waals surface area contributed by atoms with Crippen LogP contribution < -0.4 is 20.3 Å². The number of alkyl halides is 1. The van der Waals surface area contributed by atoms with Gasteiger partial charge in [0.25, 0.3) is 0 Å². The molecule has 1 aromatic heterocycles. The lowest BCUT2D eigenvalue weighted by Crippen LogP contribution is -2.48. The second-order valence-corrected chi connectivity index (χ2v) is 9.52. The molecule has 0 saturated heterocycles. The van der Waals surface area contributed by atoms with Gasteiger partial charge in [-0.25, -0.2) is 14.2 Å². The maximum absolute atomic E-state index is 15.0. The topological polar surface area (TPSA) is 83.6 Å². The SMILES string of the molecule is Cc1cnc2c(c1)NC(=O)CN2C(=O)NC(c1ccc(OC(C)(C)F)cc1)c1ccc(Br)cc1F. The van der Waals surface area contributed by atoms with E-state index in [1.807, 2.05) is 6.92 Å². The molecule has 3 aromatic rings. The number of nitrogens with zero attached hydrogens (tertiary/aromatic N) is 2. The van der Waals surface area contributed by atoms with Gasteiger partial charge >= 0.3 is 6.03 Å². The van der Waals surface area contributed by atoms with E-state index in [9.17, 15) is 18.4 Å². The number of anilines is 2. The monoisotopic (exact) mass is 544 g/mol. The van der Waals surface area contributed by atoms with E-state index >= 15 is 0 Å². The van der Waals surface area contributed by atoms with Crippen LogP contribution in [0.15, 0.2) is 59.2 Å². The number of pyridine rings is 1. The summed E-state index contributed by atoms with van der Waals surface area (Å²) < 4.78 is 34.6. The number of carbonyl (C=O) groups is 2. The molecule has 7 nitrogen and oxygen atoms in total. The van der Waals surface area contributed by atoms with Gasteiger partial charge in [-0.1, -0.05) is 34.1 Å². The van der Waals surface area contributed by atoms with Crippen molar-refractivity contribution < 1.29 is 23.1 Å². The molecule has 0 spiro atoms. The first-order valence-electron chi connectivity index (χ1n) is 10.8. The molecule has 0 aliphatic carbocycles. The quantitative estimate of drug-likeness (QED) is 0.435. The number of hydrogen-bond donors (Lipinski definition) is 2. The molecule has 1 aliphatic heterocycles. The summed E-state index contributed by atoms with van der Waals surface area (Å²) in [7, 11) is 0. The first-order chi connectivity index (χ1) is 16.5. The molecule has 182 valence electrons. The number of aryl methyl sites for hydroxylation is 1. The van der Waals surface area contributed by atoms with Crippen LogP contribution in [0.4, 0.5) is 25.1 Å². The lowest BCUT2D eigenvalue weighted by molar-refractivity contribution is -0.115. The zero-order valence-electron chi connectivity index (χ0n) is 19.2. The summed E-state index contributed by atoms with van der Waals surface area (Å²) >= 11 is 3.24. The van der Waals surface area contributed by atoms with Gasteiger partial charge in [-0.15, -0.1) is 0 Å². The second-order valence-electron chi connectivity index (χ2n) is 8.60. The fourth-order valence-corrected chi connectivity index (χ4v) is 4.06. The summed E-state index contributed by atoms with van der Waals surface area (Å²) in [5.41, 5.74) is 1.97. The van der Waals surface area contributed by atoms with Crippen LogP contribution in [-0.2, 0) is 4.79 Å². The number of fused-ring (bicyclic) bond motifs is 1. The standard InChI is InChI=1S/C25H23BrF2N4O3/c1-14-10-20-23(29-12-14)32(13-21(33)30-20)24(34)31-22(18-9-6-16(26)11-19(18)27)15-4-7-17(8-5-15)35-25(2,3)28/h4-12,22H,13H2,1-3H3,(H,30,33)(H,31,34). The van der Waals surface area contributed by atoms with Gasteiger partial charge in [-0.3, -0.25) is 9.69 Å². The number of carbonyl (C=O) groups excluding carboxylic acids is 2.